The van der Waals surface area contributed by atoms with Gasteiger partial charge in [0.05, 0.1) is 17.9 Å². The van der Waals surface area contributed by atoms with E-state index in [1.165, 1.54) is 10.7 Å². The van der Waals surface area contributed by atoms with Crippen molar-refractivity contribution in [2.24, 2.45) is 0 Å². The molecule has 0 unspecified atom stereocenters. The summed E-state index contributed by atoms with van der Waals surface area (Å²) in [6.45, 7) is 0.700. The van der Waals surface area contributed by atoms with Crippen molar-refractivity contribution in [1.29, 1.82) is 0 Å². The van der Waals surface area contributed by atoms with Crippen LogP contribution in [0.5, 0.6) is 5.88 Å². The second-order valence-corrected chi connectivity index (χ2v) is 7.52. The van der Waals surface area contributed by atoms with Crippen molar-refractivity contribution in [1.82, 2.24) is 35.3 Å². The van der Waals surface area contributed by atoms with Gasteiger partial charge in [0, 0.05) is 36.7 Å². The molecule has 0 aliphatic heterocycles. The van der Waals surface area contributed by atoms with Crippen LogP contribution in [0.3, 0.4) is 0 Å². The molecule has 0 radical (unpaired) electrons. The number of aliphatic hydroxyl groups is 1. The number of carbonyl (C=O) groups is 1. The summed E-state index contributed by atoms with van der Waals surface area (Å²) in [6, 6.07) is 12.5. The number of hydrogen-bond donors (Lipinski definition) is 2. The lowest BCUT2D eigenvalue weighted by Gasteiger charge is -2.10. The number of rotatable bonds is 9. The third-order valence-electron chi connectivity index (χ3n) is 5.21. The largest absolute Gasteiger partial charge is 0.470 e. The molecule has 12 nitrogen and oxygen atoms in total. The topological polar surface area (TPSA) is 150 Å². The first-order valence-electron chi connectivity index (χ1n) is 10.7. The molecule has 1 amide bonds. The van der Waals surface area contributed by atoms with Gasteiger partial charge in [0.2, 0.25) is 11.7 Å². The Morgan fingerprint density at radius 1 is 1.17 bits per heavy atom. The number of pyridine rings is 1. The minimum atomic E-state index is -0.283. The van der Waals surface area contributed by atoms with Gasteiger partial charge < -0.3 is 24.4 Å². The Kier molecular flexibility index (Phi) is 6.28. The van der Waals surface area contributed by atoms with Gasteiger partial charge in [-0.05, 0) is 18.2 Å². The van der Waals surface area contributed by atoms with E-state index in [-0.39, 0.29) is 19.1 Å². The number of aromatic nitrogens is 6. The lowest BCUT2D eigenvalue weighted by Crippen LogP contribution is -2.27. The first kappa shape index (κ1) is 22.4. The van der Waals surface area contributed by atoms with Gasteiger partial charge in [-0.3, -0.25) is 9.78 Å². The maximum absolute atomic E-state index is 12.1. The van der Waals surface area contributed by atoms with Crippen LogP contribution in [0, 0.1) is 0 Å². The van der Waals surface area contributed by atoms with Crippen LogP contribution in [0.1, 0.15) is 21.8 Å². The summed E-state index contributed by atoms with van der Waals surface area (Å²) in [5, 5.41) is 30.6. The number of ether oxygens (including phenoxy) is 2. The standard InChI is InChI=1S/C23H21N7O5/c1-33-9-8-24-22(32)14-6-7-15(25-11-14)13-34-23-18-5-3-2-4-17(18)20-26-27-21(30(20)28-23)19-10-16(12-31)35-29-19/h2-7,10-11,31H,8-9,12-13H2,1H3,(H,24,32). The molecule has 4 aromatic heterocycles. The summed E-state index contributed by atoms with van der Waals surface area (Å²) in [6.07, 6.45) is 1.50. The second kappa shape index (κ2) is 9.83. The van der Waals surface area contributed by atoms with Crippen molar-refractivity contribution in [3.8, 4) is 17.4 Å². The monoisotopic (exact) mass is 475 g/mol. The maximum atomic E-state index is 12.1. The Morgan fingerprint density at radius 2 is 2.03 bits per heavy atom. The summed E-state index contributed by atoms with van der Waals surface area (Å²) in [5.74, 6) is 0.776. The Morgan fingerprint density at radius 3 is 2.77 bits per heavy atom. The molecule has 0 saturated carbocycles. The van der Waals surface area contributed by atoms with Gasteiger partial charge in [0.1, 0.15) is 13.2 Å². The van der Waals surface area contributed by atoms with Crippen molar-refractivity contribution in [3.63, 3.8) is 0 Å². The fourth-order valence-electron chi connectivity index (χ4n) is 3.47. The summed E-state index contributed by atoms with van der Waals surface area (Å²) in [7, 11) is 1.57. The molecule has 4 heterocycles. The summed E-state index contributed by atoms with van der Waals surface area (Å²) in [4.78, 5) is 16.5. The van der Waals surface area contributed by atoms with Crippen LogP contribution in [0.4, 0.5) is 0 Å². The highest BCUT2D eigenvalue weighted by Gasteiger charge is 2.19. The number of amides is 1. The third kappa shape index (κ3) is 4.52. The van der Waals surface area contributed by atoms with Crippen LogP contribution in [0.15, 0.2) is 53.2 Å². The number of fused-ring (bicyclic) bond motifs is 3. The lowest BCUT2D eigenvalue weighted by molar-refractivity contribution is 0.0936. The molecule has 0 saturated heterocycles. The van der Waals surface area contributed by atoms with Crippen molar-refractivity contribution in [2.75, 3.05) is 20.3 Å². The average Bonchev–Trinajstić information content (AvgIpc) is 3.54. The van der Waals surface area contributed by atoms with E-state index in [9.17, 15) is 9.90 Å². The third-order valence-corrected chi connectivity index (χ3v) is 5.21. The Bertz CT molecular complexity index is 1480. The smallest absolute Gasteiger partial charge is 0.252 e. The van der Waals surface area contributed by atoms with E-state index in [1.54, 1.807) is 25.3 Å². The number of nitrogens with one attached hydrogen (secondary N) is 1. The minimum Gasteiger partial charge on any atom is -0.470 e. The van der Waals surface area contributed by atoms with Crippen molar-refractivity contribution < 1.29 is 23.9 Å². The van der Waals surface area contributed by atoms with Gasteiger partial charge >= 0.3 is 0 Å². The van der Waals surface area contributed by atoms with Crippen molar-refractivity contribution in [2.45, 2.75) is 13.2 Å². The number of nitrogens with zero attached hydrogens (tertiary/aromatic N) is 6. The lowest BCUT2D eigenvalue weighted by atomic mass is 10.2. The summed E-state index contributed by atoms with van der Waals surface area (Å²) >= 11 is 0. The molecule has 0 bridgehead atoms. The van der Waals surface area contributed by atoms with E-state index in [4.69, 9.17) is 14.0 Å². The molecule has 12 heteroatoms. The molecule has 0 aliphatic carbocycles. The molecule has 0 atom stereocenters. The van der Waals surface area contributed by atoms with Gasteiger partial charge in [-0.2, -0.15) is 4.52 Å². The van der Waals surface area contributed by atoms with E-state index >= 15 is 0 Å². The number of aliphatic hydroxyl groups excluding tert-OH is 1. The van der Waals surface area contributed by atoms with Gasteiger partial charge in [0.15, 0.2) is 17.1 Å². The molecule has 35 heavy (non-hydrogen) atoms. The number of carbonyl (C=O) groups excluding carboxylic acids is 1. The zero-order chi connectivity index (χ0) is 24.2. The zero-order valence-corrected chi connectivity index (χ0v) is 18.7. The van der Waals surface area contributed by atoms with Crippen LogP contribution >= 0.6 is 0 Å². The SMILES string of the molecule is COCCNC(=O)c1ccc(COc2nn3c(-c4cc(CO)on4)nnc3c3ccccc23)nc1. The minimum absolute atomic E-state index is 0.129. The van der Waals surface area contributed by atoms with Crippen LogP contribution in [0.25, 0.3) is 27.9 Å². The zero-order valence-electron chi connectivity index (χ0n) is 18.7. The van der Waals surface area contributed by atoms with Crippen molar-refractivity contribution in [3.05, 3.63) is 65.7 Å². The predicted octanol–water partition coefficient (Wildman–Crippen LogP) is 1.77. The molecule has 5 aromatic rings. The quantitative estimate of drug-likeness (QED) is 0.302. The highest BCUT2D eigenvalue weighted by atomic mass is 16.5. The highest BCUT2D eigenvalue weighted by Crippen LogP contribution is 2.29. The number of methoxy groups -OCH3 is 1. The molecule has 0 fully saturated rings. The van der Waals surface area contributed by atoms with Crippen LogP contribution < -0.4 is 10.1 Å². The van der Waals surface area contributed by atoms with E-state index in [0.29, 0.717) is 53.2 Å². The van der Waals surface area contributed by atoms with E-state index in [1.807, 2.05) is 24.3 Å². The van der Waals surface area contributed by atoms with E-state index in [2.05, 4.69) is 30.8 Å². The second-order valence-electron chi connectivity index (χ2n) is 7.52. The Labute approximate surface area is 198 Å². The van der Waals surface area contributed by atoms with E-state index < -0.39 is 0 Å². The van der Waals surface area contributed by atoms with Crippen molar-refractivity contribution >= 4 is 22.3 Å². The first-order valence-corrected chi connectivity index (χ1v) is 10.7. The molecule has 5 rings (SSSR count). The summed E-state index contributed by atoms with van der Waals surface area (Å²) < 4.78 is 17.6. The highest BCUT2D eigenvalue weighted by molar-refractivity contribution is 5.97. The van der Waals surface area contributed by atoms with E-state index in [0.717, 1.165) is 10.8 Å². The van der Waals surface area contributed by atoms with Crippen LogP contribution in [0.2, 0.25) is 0 Å². The van der Waals surface area contributed by atoms with Crippen LogP contribution in [-0.2, 0) is 18.0 Å². The molecular weight excluding hydrogens is 454 g/mol. The molecule has 178 valence electrons. The number of benzene rings is 1. The predicted molar refractivity (Wildman–Crippen MR) is 122 cm³/mol. The molecule has 0 spiro atoms. The Balaban J connectivity index is 1.41. The summed E-state index contributed by atoms with van der Waals surface area (Å²) in [5.41, 5.74) is 1.98. The average molecular weight is 475 g/mol. The fourth-order valence-corrected chi connectivity index (χ4v) is 3.47. The maximum Gasteiger partial charge on any atom is 0.252 e. The van der Waals surface area contributed by atoms with Gasteiger partial charge in [-0.25, -0.2) is 0 Å². The molecule has 2 N–H and O–H groups in total. The van der Waals surface area contributed by atoms with Gasteiger partial charge in [-0.15, -0.1) is 15.3 Å². The fraction of sp³-hybridized carbons (Fsp3) is 0.217. The first-order chi connectivity index (χ1) is 17.2. The van der Waals surface area contributed by atoms with Crippen LogP contribution in [-0.4, -0.2) is 61.2 Å². The Hall–Kier alpha value is -4.42. The van der Waals surface area contributed by atoms with Gasteiger partial charge in [0.25, 0.3) is 5.91 Å². The molecular formula is C23H21N7O5. The van der Waals surface area contributed by atoms with Gasteiger partial charge in [-0.1, -0.05) is 23.4 Å². The number of hydrogen-bond acceptors (Lipinski definition) is 10. The normalized spacial score (nSPS) is 11.3. The molecule has 1 aromatic carbocycles. The molecule has 0 aliphatic rings.